The first kappa shape index (κ1) is 7.24. The molecule has 0 amide bonds. The summed E-state index contributed by atoms with van der Waals surface area (Å²) in [5.74, 6) is 0. The molecule has 1 heterocycles. The van der Waals surface area contributed by atoms with Crippen molar-refractivity contribution < 1.29 is 5.11 Å². The second-order valence-corrected chi connectivity index (χ2v) is 2.94. The SMILES string of the molecule is OCn1cnc(Br)c1Br. The Kier molecular flexibility index (Phi) is 2.26. The van der Waals surface area contributed by atoms with E-state index in [0.29, 0.717) is 4.60 Å². The summed E-state index contributed by atoms with van der Waals surface area (Å²) >= 11 is 6.37. The van der Waals surface area contributed by atoms with Crippen LogP contribution >= 0.6 is 31.9 Å². The molecule has 0 atom stereocenters. The molecule has 0 bridgehead atoms. The van der Waals surface area contributed by atoms with Gasteiger partial charge in [-0.1, -0.05) is 0 Å². The van der Waals surface area contributed by atoms with Crippen LogP contribution in [0.25, 0.3) is 0 Å². The Morgan fingerprint density at radius 3 is 2.56 bits per heavy atom. The Bertz CT molecular complexity index is 210. The highest BCUT2D eigenvalue weighted by atomic mass is 79.9. The van der Waals surface area contributed by atoms with Gasteiger partial charge in [-0.2, -0.15) is 0 Å². The molecule has 1 N–H and O–H groups in total. The maximum Gasteiger partial charge on any atom is 0.138 e. The molecule has 0 aromatic carbocycles. The molecule has 0 aliphatic rings. The molecule has 50 valence electrons. The monoisotopic (exact) mass is 254 g/mol. The second kappa shape index (κ2) is 2.81. The molecule has 5 heteroatoms. The first-order valence-electron chi connectivity index (χ1n) is 2.22. The minimum atomic E-state index is -0.0564. The summed E-state index contributed by atoms with van der Waals surface area (Å²) in [5, 5.41) is 8.60. The third-order valence-corrected chi connectivity index (χ3v) is 2.83. The van der Waals surface area contributed by atoms with Crippen molar-refractivity contribution in [3.63, 3.8) is 0 Å². The molecule has 3 nitrogen and oxygen atoms in total. The zero-order valence-electron chi connectivity index (χ0n) is 4.38. The summed E-state index contributed by atoms with van der Waals surface area (Å²) < 4.78 is 3.02. The molecular weight excluding hydrogens is 252 g/mol. The fourth-order valence-electron chi connectivity index (χ4n) is 0.441. The van der Waals surface area contributed by atoms with E-state index >= 15 is 0 Å². The highest BCUT2D eigenvalue weighted by Crippen LogP contribution is 2.19. The normalized spacial score (nSPS) is 10.1. The zero-order chi connectivity index (χ0) is 6.85. The molecule has 0 aliphatic carbocycles. The van der Waals surface area contributed by atoms with Crippen LogP contribution < -0.4 is 0 Å². The summed E-state index contributed by atoms with van der Waals surface area (Å²) in [4.78, 5) is 3.86. The molecular formula is C4H4Br2N2O. The van der Waals surface area contributed by atoms with Gasteiger partial charge in [0.2, 0.25) is 0 Å². The molecule has 0 unspecified atom stereocenters. The van der Waals surface area contributed by atoms with Gasteiger partial charge in [-0.15, -0.1) is 0 Å². The van der Waals surface area contributed by atoms with Crippen LogP contribution in [-0.2, 0) is 6.73 Å². The lowest BCUT2D eigenvalue weighted by Crippen LogP contribution is -1.93. The Morgan fingerprint density at radius 1 is 1.67 bits per heavy atom. The molecule has 0 saturated heterocycles. The van der Waals surface area contributed by atoms with E-state index in [4.69, 9.17) is 5.11 Å². The van der Waals surface area contributed by atoms with Gasteiger partial charge in [0.25, 0.3) is 0 Å². The van der Waals surface area contributed by atoms with E-state index in [2.05, 4.69) is 36.8 Å². The van der Waals surface area contributed by atoms with Gasteiger partial charge in [0.15, 0.2) is 0 Å². The van der Waals surface area contributed by atoms with Crippen molar-refractivity contribution in [3.05, 3.63) is 15.5 Å². The predicted molar refractivity (Wildman–Crippen MR) is 39.8 cm³/mol. The van der Waals surface area contributed by atoms with Crippen molar-refractivity contribution in [1.82, 2.24) is 9.55 Å². The third kappa shape index (κ3) is 1.33. The van der Waals surface area contributed by atoms with Crippen LogP contribution in [0.2, 0.25) is 0 Å². The van der Waals surface area contributed by atoms with Gasteiger partial charge in [0.05, 0.1) is 6.33 Å². The van der Waals surface area contributed by atoms with Crippen molar-refractivity contribution in [2.75, 3.05) is 0 Å². The Morgan fingerprint density at radius 2 is 2.33 bits per heavy atom. The van der Waals surface area contributed by atoms with Crippen molar-refractivity contribution in [2.45, 2.75) is 6.73 Å². The Hall–Kier alpha value is 0.130. The molecule has 0 aliphatic heterocycles. The largest absolute Gasteiger partial charge is 0.376 e. The highest BCUT2D eigenvalue weighted by Gasteiger charge is 2.01. The van der Waals surface area contributed by atoms with Crippen LogP contribution in [-0.4, -0.2) is 14.7 Å². The second-order valence-electron chi connectivity index (χ2n) is 1.44. The van der Waals surface area contributed by atoms with Crippen LogP contribution in [0.3, 0.4) is 0 Å². The number of nitrogens with zero attached hydrogens (tertiary/aromatic N) is 2. The lowest BCUT2D eigenvalue weighted by atomic mass is 10.9. The molecule has 1 aromatic heterocycles. The van der Waals surface area contributed by atoms with Crippen molar-refractivity contribution in [2.24, 2.45) is 0 Å². The van der Waals surface area contributed by atoms with E-state index in [9.17, 15) is 0 Å². The van der Waals surface area contributed by atoms with Crippen molar-refractivity contribution >= 4 is 31.9 Å². The van der Waals surface area contributed by atoms with Crippen LogP contribution in [0.5, 0.6) is 0 Å². The van der Waals surface area contributed by atoms with Crippen LogP contribution in [0.4, 0.5) is 0 Å². The van der Waals surface area contributed by atoms with Crippen molar-refractivity contribution in [1.29, 1.82) is 0 Å². The quantitative estimate of drug-likeness (QED) is 0.823. The molecule has 0 spiro atoms. The van der Waals surface area contributed by atoms with E-state index in [1.807, 2.05) is 0 Å². The predicted octanol–water partition coefficient (Wildman–Crippen LogP) is 1.36. The highest BCUT2D eigenvalue weighted by molar-refractivity contribution is 9.13. The van der Waals surface area contributed by atoms with Gasteiger partial charge in [-0.05, 0) is 31.9 Å². The maximum atomic E-state index is 8.60. The number of rotatable bonds is 1. The smallest absolute Gasteiger partial charge is 0.138 e. The van der Waals surface area contributed by atoms with Gasteiger partial charge >= 0.3 is 0 Å². The number of aliphatic hydroxyl groups excluding tert-OH is 1. The Labute approximate surface area is 69.0 Å². The number of halogens is 2. The number of imidazole rings is 1. The van der Waals surface area contributed by atoms with Gasteiger partial charge < -0.3 is 9.67 Å². The average Bonchev–Trinajstić information content (AvgIpc) is 2.15. The molecule has 9 heavy (non-hydrogen) atoms. The lowest BCUT2D eigenvalue weighted by Gasteiger charge is -1.94. The Balaban J connectivity index is 3.04. The topological polar surface area (TPSA) is 38.0 Å². The average molecular weight is 256 g/mol. The molecule has 1 aromatic rings. The minimum Gasteiger partial charge on any atom is -0.376 e. The van der Waals surface area contributed by atoms with Gasteiger partial charge in [0.1, 0.15) is 15.9 Å². The van der Waals surface area contributed by atoms with E-state index in [1.54, 1.807) is 4.57 Å². The number of hydrogen-bond donors (Lipinski definition) is 1. The van der Waals surface area contributed by atoms with Gasteiger partial charge in [-0.25, -0.2) is 4.98 Å². The van der Waals surface area contributed by atoms with Gasteiger partial charge in [-0.3, -0.25) is 0 Å². The standard InChI is InChI=1S/C4H4Br2N2O/c5-3-4(6)8(2-9)1-7-3/h1,9H,2H2. The molecule has 0 saturated carbocycles. The fourth-order valence-corrected chi connectivity index (χ4v) is 1.07. The lowest BCUT2D eigenvalue weighted by molar-refractivity contribution is 0.208. The van der Waals surface area contributed by atoms with Gasteiger partial charge in [0, 0.05) is 0 Å². The molecule has 0 radical (unpaired) electrons. The van der Waals surface area contributed by atoms with Crippen molar-refractivity contribution in [3.8, 4) is 0 Å². The van der Waals surface area contributed by atoms with Crippen LogP contribution in [0, 0.1) is 0 Å². The minimum absolute atomic E-state index is 0.0564. The molecule has 1 rings (SSSR count). The third-order valence-electron chi connectivity index (χ3n) is 0.885. The first-order chi connectivity index (χ1) is 4.25. The van der Waals surface area contributed by atoms with E-state index in [0.717, 1.165) is 4.60 Å². The van der Waals surface area contributed by atoms with E-state index in [1.165, 1.54) is 6.33 Å². The molecule has 0 fully saturated rings. The number of hydrogen-bond acceptors (Lipinski definition) is 2. The van der Waals surface area contributed by atoms with Crippen LogP contribution in [0.1, 0.15) is 0 Å². The van der Waals surface area contributed by atoms with E-state index in [-0.39, 0.29) is 6.73 Å². The maximum absolute atomic E-state index is 8.60. The summed E-state index contributed by atoms with van der Waals surface area (Å²) in [7, 11) is 0. The summed E-state index contributed by atoms with van der Waals surface area (Å²) in [6.45, 7) is -0.0564. The summed E-state index contributed by atoms with van der Waals surface area (Å²) in [6.07, 6.45) is 1.54. The summed E-state index contributed by atoms with van der Waals surface area (Å²) in [5.41, 5.74) is 0. The summed E-state index contributed by atoms with van der Waals surface area (Å²) in [6, 6.07) is 0. The first-order valence-corrected chi connectivity index (χ1v) is 3.81. The number of aliphatic hydroxyl groups is 1. The van der Waals surface area contributed by atoms with E-state index < -0.39 is 0 Å². The van der Waals surface area contributed by atoms with Crippen LogP contribution in [0.15, 0.2) is 15.5 Å². The zero-order valence-corrected chi connectivity index (χ0v) is 7.55. The number of aromatic nitrogens is 2. The fraction of sp³-hybridized carbons (Fsp3) is 0.250.